The van der Waals surface area contributed by atoms with Gasteiger partial charge in [-0.25, -0.2) is 9.18 Å². The first-order valence-corrected chi connectivity index (χ1v) is 9.41. The fourth-order valence-electron chi connectivity index (χ4n) is 2.60. The van der Waals surface area contributed by atoms with Crippen LogP contribution in [0.3, 0.4) is 0 Å². The zero-order valence-electron chi connectivity index (χ0n) is 13.6. The van der Waals surface area contributed by atoms with Gasteiger partial charge in [-0.05, 0) is 50.0 Å². The van der Waals surface area contributed by atoms with Crippen LogP contribution in [0.1, 0.15) is 19.8 Å². The van der Waals surface area contributed by atoms with Gasteiger partial charge in [-0.2, -0.15) is 0 Å². The minimum atomic E-state index is -1.38. The van der Waals surface area contributed by atoms with Crippen molar-refractivity contribution >= 4 is 22.5 Å². The molecule has 7 heteroatoms. The molecule has 0 radical (unpaired) electrons. The summed E-state index contributed by atoms with van der Waals surface area (Å²) in [6.07, 6.45) is 3.83. The van der Waals surface area contributed by atoms with Crippen LogP contribution >= 0.6 is 0 Å². The second-order valence-electron chi connectivity index (χ2n) is 6.00. The highest BCUT2D eigenvalue weighted by Crippen LogP contribution is 2.17. The number of anilines is 1. The Bertz CT molecular complexity index is 574. The van der Waals surface area contributed by atoms with E-state index in [0.29, 0.717) is 12.2 Å². The Morgan fingerprint density at radius 1 is 1.39 bits per heavy atom. The van der Waals surface area contributed by atoms with Crippen molar-refractivity contribution in [2.45, 2.75) is 24.7 Å². The summed E-state index contributed by atoms with van der Waals surface area (Å²) in [5, 5.41) is 5.36. The monoisotopic (exact) mass is 341 g/mol. The molecule has 5 nitrogen and oxygen atoms in total. The minimum absolute atomic E-state index is 0.135. The van der Waals surface area contributed by atoms with Crippen LogP contribution in [0.5, 0.6) is 0 Å². The molecule has 1 heterocycles. The average Bonchev–Trinajstić information content (AvgIpc) is 2.49. The quantitative estimate of drug-likeness (QED) is 0.865. The molecule has 2 amide bonds. The number of hydrogen-bond acceptors (Lipinski definition) is 3. The standard InChI is InChI=1S/C16H24FN3O2S/c1-12-5-8-20(9-6-12)10-7-18-16(21)19-13-3-4-15(23(2)22)14(17)11-13/h3-4,11-12H,5-10H2,1-2H3,(H2,18,19,21). The third kappa shape index (κ3) is 5.58. The van der Waals surface area contributed by atoms with Crippen molar-refractivity contribution in [2.24, 2.45) is 5.92 Å². The van der Waals surface area contributed by atoms with E-state index in [0.717, 1.165) is 25.6 Å². The normalized spacial score (nSPS) is 17.7. The van der Waals surface area contributed by atoms with Crippen molar-refractivity contribution < 1.29 is 13.4 Å². The van der Waals surface area contributed by atoms with Crippen molar-refractivity contribution in [2.75, 3.05) is 37.8 Å². The van der Waals surface area contributed by atoms with E-state index >= 15 is 0 Å². The number of amides is 2. The lowest BCUT2D eigenvalue weighted by molar-refractivity contribution is 0.192. The largest absolute Gasteiger partial charge is 0.337 e. The topological polar surface area (TPSA) is 61.4 Å². The zero-order chi connectivity index (χ0) is 16.8. The van der Waals surface area contributed by atoms with E-state index in [-0.39, 0.29) is 10.9 Å². The van der Waals surface area contributed by atoms with Gasteiger partial charge in [0, 0.05) is 25.0 Å². The predicted molar refractivity (Wildman–Crippen MR) is 90.6 cm³/mol. The van der Waals surface area contributed by atoms with Crippen molar-refractivity contribution in [3.05, 3.63) is 24.0 Å². The number of carbonyl (C=O) groups is 1. The van der Waals surface area contributed by atoms with Crippen LogP contribution in [0.4, 0.5) is 14.9 Å². The maximum atomic E-state index is 13.7. The van der Waals surface area contributed by atoms with Gasteiger partial charge in [-0.3, -0.25) is 4.21 Å². The first kappa shape index (κ1) is 17.9. The van der Waals surface area contributed by atoms with Gasteiger partial charge >= 0.3 is 6.03 Å². The Labute approximate surface area is 139 Å². The molecule has 1 atom stereocenters. The van der Waals surface area contributed by atoms with Crippen LogP contribution in [-0.4, -0.2) is 47.6 Å². The summed E-state index contributed by atoms with van der Waals surface area (Å²) in [6, 6.07) is 3.80. The predicted octanol–water partition coefficient (Wildman–Crippen LogP) is 2.42. The van der Waals surface area contributed by atoms with E-state index in [9.17, 15) is 13.4 Å². The molecular formula is C16H24FN3O2S. The van der Waals surface area contributed by atoms with Gasteiger partial charge < -0.3 is 15.5 Å². The molecule has 23 heavy (non-hydrogen) atoms. The van der Waals surface area contributed by atoms with E-state index in [4.69, 9.17) is 0 Å². The molecular weight excluding hydrogens is 317 g/mol. The molecule has 1 aliphatic heterocycles. The molecule has 1 aliphatic rings. The molecule has 1 saturated heterocycles. The van der Waals surface area contributed by atoms with Crippen molar-refractivity contribution in [3.8, 4) is 0 Å². The van der Waals surface area contributed by atoms with Gasteiger partial charge in [0.25, 0.3) is 0 Å². The Kier molecular flexibility index (Phi) is 6.53. The van der Waals surface area contributed by atoms with E-state index in [1.165, 1.54) is 31.2 Å². The van der Waals surface area contributed by atoms with Crippen molar-refractivity contribution in [3.63, 3.8) is 0 Å². The summed E-state index contributed by atoms with van der Waals surface area (Å²) >= 11 is 0. The number of benzene rings is 1. The molecule has 0 bridgehead atoms. The number of rotatable bonds is 5. The van der Waals surface area contributed by atoms with Gasteiger partial charge in [0.05, 0.1) is 15.7 Å². The molecule has 1 fully saturated rings. The summed E-state index contributed by atoms with van der Waals surface area (Å²) in [5.74, 6) is 0.212. The highest BCUT2D eigenvalue weighted by Gasteiger charge is 2.15. The molecule has 0 spiro atoms. The summed E-state index contributed by atoms with van der Waals surface area (Å²) in [6.45, 7) is 5.79. The molecule has 1 unspecified atom stereocenters. The lowest BCUT2D eigenvalue weighted by atomic mass is 9.99. The number of halogens is 1. The first-order chi connectivity index (χ1) is 11.0. The number of piperidine rings is 1. The van der Waals surface area contributed by atoms with Crippen molar-refractivity contribution in [1.82, 2.24) is 10.2 Å². The highest BCUT2D eigenvalue weighted by molar-refractivity contribution is 7.84. The fraction of sp³-hybridized carbons (Fsp3) is 0.562. The molecule has 1 aromatic carbocycles. The number of hydrogen-bond donors (Lipinski definition) is 2. The van der Waals surface area contributed by atoms with Gasteiger partial charge in [-0.1, -0.05) is 6.92 Å². The maximum Gasteiger partial charge on any atom is 0.319 e. The van der Waals surface area contributed by atoms with Crippen LogP contribution in [0.2, 0.25) is 0 Å². The second-order valence-corrected chi connectivity index (χ2v) is 7.35. The summed E-state index contributed by atoms with van der Waals surface area (Å²) in [4.78, 5) is 14.3. The van der Waals surface area contributed by atoms with Gasteiger partial charge in [0.1, 0.15) is 5.82 Å². The fourth-order valence-corrected chi connectivity index (χ4v) is 3.19. The summed E-state index contributed by atoms with van der Waals surface area (Å²) < 4.78 is 25.0. The van der Waals surface area contributed by atoms with Crippen LogP contribution in [0, 0.1) is 11.7 Å². The van der Waals surface area contributed by atoms with Gasteiger partial charge in [0.15, 0.2) is 0 Å². The van der Waals surface area contributed by atoms with Gasteiger partial charge in [-0.15, -0.1) is 0 Å². The van der Waals surface area contributed by atoms with Gasteiger partial charge in [0.2, 0.25) is 0 Å². The Balaban J connectivity index is 1.74. The Morgan fingerprint density at radius 2 is 2.09 bits per heavy atom. The van der Waals surface area contributed by atoms with E-state index in [2.05, 4.69) is 22.5 Å². The number of nitrogens with zero attached hydrogens (tertiary/aromatic N) is 1. The number of nitrogens with one attached hydrogen (secondary N) is 2. The first-order valence-electron chi connectivity index (χ1n) is 7.86. The summed E-state index contributed by atoms with van der Waals surface area (Å²) in [7, 11) is -1.38. The van der Waals surface area contributed by atoms with Crippen LogP contribution in [0.15, 0.2) is 23.1 Å². The maximum absolute atomic E-state index is 13.7. The zero-order valence-corrected chi connectivity index (χ0v) is 14.4. The third-order valence-corrected chi connectivity index (χ3v) is 5.04. The molecule has 128 valence electrons. The van der Waals surface area contributed by atoms with Crippen molar-refractivity contribution in [1.29, 1.82) is 0 Å². The SMILES string of the molecule is CC1CCN(CCNC(=O)Nc2ccc(S(C)=O)c(F)c2)CC1. The van der Waals surface area contributed by atoms with E-state index < -0.39 is 16.6 Å². The second kappa shape index (κ2) is 8.40. The van der Waals surface area contributed by atoms with Crippen LogP contribution < -0.4 is 10.6 Å². The summed E-state index contributed by atoms with van der Waals surface area (Å²) in [5.41, 5.74) is 0.348. The third-order valence-electron chi connectivity index (χ3n) is 4.09. The van der Waals surface area contributed by atoms with Crippen LogP contribution in [-0.2, 0) is 10.8 Å². The number of carbonyl (C=O) groups excluding carboxylic acids is 1. The molecule has 0 aromatic heterocycles. The minimum Gasteiger partial charge on any atom is -0.337 e. The molecule has 0 aliphatic carbocycles. The molecule has 2 N–H and O–H groups in total. The Morgan fingerprint density at radius 3 is 2.70 bits per heavy atom. The lowest BCUT2D eigenvalue weighted by Crippen LogP contribution is -2.40. The number of likely N-dealkylation sites (tertiary alicyclic amines) is 1. The number of urea groups is 1. The molecule has 1 aromatic rings. The molecule has 2 rings (SSSR count). The molecule has 0 saturated carbocycles. The lowest BCUT2D eigenvalue weighted by Gasteiger charge is -2.30. The van der Waals surface area contributed by atoms with E-state index in [1.54, 1.807) is 6.07 Å². The van der Waals surface area contributed by atoms with Crippen LogP contribution in [0.25, 0.3) is 0 Å². The average molecular weight is 341 g/mol. The highest BCUT2D eigenvalue weighted by atomic mass is 32.2. The smallest absolute Gasteiger partial charge is 0.319 e. The Hall–Kier alpha value is -1.47. The van der Waals surface area contributed by atoms with E-state index in [1.807, 2.05) is 0 Å².